The highest BCUT2D eigenvalue weighted by molar-refractivity contribution is 6.32. The number of nitrogens with one attached hydrogen (secondary N) is 4. The van der Waals surface area contributed by atoms with E-state index in [-0.39, 0.29) is 139 Å². The van der Waals surface area contributed by atoms with Gasteiger partial charge in [0.25, 0.3) is 23.6 Å². The standard InChI is InChI=1S/C25H28ClN3O4.C25H28ClN3O3.C24H25ClFN3O3.C22H22ClFN2O3/c1-17-10-20(2-3-21(17)26)33-13-19(30)12-24-14-25(15-24,16-24)28-23(31)22-11-18(4-5-27-22)29-6-8-32-9-7-29;1-17-10-20(4-5-21(17)26)32-13-19(30)12-24-14-25(15-24,16-24)28-23(31)22-11-18(6-7-27-22)29-8-2-3-9-29;1-15-9-29(10-15)16-4-5-27-20(6-16)21(30)8-23-12-24(13-23,14-23)28-22(31)11-32-17-2-3-18(25)19(26)7-17;1-2-14-5-6-25-18(7-14)19(27)9-21-11-22(12-21,13-21)26-20(28)10-29-15-3-4-16(23)17(24)8-15/h2-5,10-11H,6-9,12-16H2,1H3,(H,28,31);4-7,10-11H,2-3,8-9,12-16H2,1H3,(H,28,31);2-7,15H,8-14H2,1H3,(H,28,31);3-8H,2,9-13H2,1H3,(H,26,28). The molecule has 30 heteroatoms. The third kappa shape index (κ3) is 20.3. The number of benzene rings is 4. The monoisotopic (exact) mass is 1800 g/mol. The fourth-order valence-electron chi connectivity index (χ4n) is 21.3. The first-order chi connectivity index (χ1) is 60.3. The quantitative estimate of drug-likeness (QED) is 0.0285. The number of rotatable bonds is 32. The molecule has 4 aromatic heterocycles. The summed E-state index contributed by atoms with van der Waals surface area (Å²) in [6.07, 6.45) is 21.7. The van der Waals surface area contributed by atoms with E-state index in [2.05, 4.69) is 62.8 Å². The van der Waals surface area contributed by atoms with Gasteiger partial charge in [-0.05, 0) is 264 Å². The molecule has 4 aromatic carbocycles. The van der Waals surface area contributed by atoms with Crippen molar-refractivity contribution in [3.8, 4) is 23.0 Å². The summed E-state index contributed by atoms with van der Waals surface area (Å²) >= 11 is 23.3. The van der Waals surface area contributed by atoms with Gasteiger partial charge in [-0.2, -0.15) is 0 Å². The molecule has 15 aliphatic rings. The molecular weight excluding hydrogens is 1690 g/mol. The van der Waals surface area contributed by atoms with E-state index in [4.69, 9.17) is 70.1 Å². The van der Waals surface area contributed by atoms with Gasteiger partial charge in [-0.25, -0.2) is 8.78 Å². The van der Waals surface area contributed by atoms with Crippen molar-refractivity contribution in [1.82, 2.24) is 41.2 Å². The third-order valence-corrected chi connectivity index (χ3v) is 28.2. The molecule has 3 saturated heterocycles. The molecule has 3 aliphatic heterocycles. The lowest BCUT2D eigenvalue weighted by Gasteiger charge is -2.70. The second-order valence-corrected chi connectivity index (χ2v) is 39.0. The average molecular weight is 1800 g/mol. The van der Waals surface area contributed by atoms with E-state index in [1.54, 1.807) is 49.1 Å². The molecule has 0 atom stereocenters. The molecule has 0 spiro atoms. The molecule has 24 nitrogen and oxygen atoms in total. The minimum Gasteiger partial charge on any atom is -0.486 e. The number of aromatic nitrogens is 4. The van der Waals surface area contributed by atoms with Gasteiger partial charge < -0.3 is 59.7 Å². The summed E-state index contributed by atoms with van der Waals surface area (Å²) in [5.74, 6) is 0.863. The predicted octanol–water partition coefficient (Wildman–Crippen LogP) is 16.1. The number of aryl methyl sites for hydroxylation is 3. The second-order valence-electron chi connectivity index (χ2n) is 37.4. The van der Waals surface area contributed by atoms with Crippen molar-refractivity contribution in [2.24, 2.45) is 27.6 Å². The average Bonchev–Trinajstić information content (AvgIpc) is 0.747. The first kappa shape index (κ1) is 89.0. The molecule has 0 unspecified atom stereocenters. The van der Waals surface area contributed by atoms with E-state index in [9.17, 15) is 47.1 Å². The number of ketones is 4. The van der Waals surface area contributed by atoms with Gasteiger partial charge in [0.05, 0.1) is 23.3 Å². The van der Waals surface area contributed by atoms with Gasteiger partial charge in [0.2, 0.25) is 0 Å². The normalized spacial score (nSPS) is 25.4. The SMILES string of the molecule is CC1CN(c2ccnc(C(=O)CC34CC(NC(=O)COc5ccc(Cl)c(F)c5)(C3)C4)c2)C1.CCc1ccnc(C(=O)CC23CC(NC(=O)COc4ccc(Cl)c(F)c4)(C2)C3)c1.Cc1cc(OCC(=O)CC23CC(NC(=O)c4cc(N5CCCC5)ccn4)(C2)C3)ccc1Cl.Cc1cc(OCC(=O)CC23CC(NC(=O)c4cc(N5CCOCC5)ccn4)(C2)C3)ccc1Cl. The molecule has 662 valence electrons. The number of carbonyl (C=O) groups is 8. The molecule has 4 amide bonds. The van der Waals surface area contributed by atoms with E-state index in [0.717, 1.165) is 169 Å². The van der Waals surface area contributed by atoms with Crippen molar-refractivity contribution in [3.05, 3.63) is 217 Å². The van der Waals surface area contributed by atoms with Crippen molar-refractivity contribution < 1.29 is 70.8 Å². The summed E-state index contributed by atoms with van der Waals surface area (Å²) in [6.45, 7) is 14.9. The maximum atomic E-state index is 13.5. The summed E-state index contributed by atoms with van der Waals surface area (Å²) in [6, 6.07) is 34.2. The van der Waals surface area contributed by atoms with E-state index in [1.165, 1.54) is 37.1 Å². The van der Waals surface area contributed by atoms with Crippen molar-refractivity contribution in [1.29, 1.82) is 0 Å². The summed E-state index contributed by atoms with van der Waals surface area (Å²) in [5, 5.41) is 13.8. The number of morpholine rings is 1. The van der Waals surface area contributed by atoms with Crippen molar-refractivity contribution in [3.63, 3.8) is 0 Å². The summed E-state index contributed by atoms with van der Waals surface area (Å²) in [7, 11) is 0. The maximum Gasteiger partial charge on any atom is 0.270 e. The summed E-state index contributed by atoms with van der Waals surface area (Å²) in [4.78, 5) is 124. The van der Waals surface area contributed by atoms with Gasteiger partial charge in [0.15, 0.2) is 36.3 Å². The number of halogens is 6. The zero-order valence-electron chi connectivity index (χ0n) is 71.1. The van der Waals surface area contributed by atoms with Crippen molar-refractivity contribution >= 4 is 110 Å². The smallest absolute Gasteiger partial charge is 0.270 e. The second kappa shape index (κ2) is 36.4. The highest BCUT2D eigenvalue weighted by Gasteiger charge is 2.71. The molecule has 12 saturated carbocycles. The largest absolute Gasteiger partial charge is 0.486 e. The molecule has 8 aromatic rings. The Morgan fingerprint density at radius 1 is 0.413 bits per heavy atom. The number of hydrogen-bond acceptors (Lipinski definition) is 20. The van der Waals surface area contributed by atoms with Crippen LogP contribution >= 0.6 is 46.4 Å². The predicted molar refractivity (Wildman–Crippen MR) is 474 cm³/mol. The number of hydrogen-bond donors (Lipinski definition) is 4. The van der Waals surface area contributed by atoms with Crippen LogP contribution in [0.15, 0.2) is 146 Å². The Morgan fingerprint density at radius 2 is 0.754 bits per heavy atom. The van der Waals surface area contributed by atoms with Crippen LogP contribution < -0.4 is 54.9 Å². The minimum absolute atomic E-state index is 0.00661. The molecule has 8 bridgehead atoms. The van der Waals surface area contributed by atoms with E-state index in [0.29, 0.717) is 89.1 Å². The maximum absolute atomic E-state index is 13.5. The van der Waals surface area contributed by atoms with Gasteiger partial charge in [0.1, 0.15) is 70.6 Å². The lowest BCUT2D eigenvalue weighted by atomic mass is 9.38. The molecule has 15 fully saturated rings. The molecule has 4 N–H and O–H groups in total. The first-order valence-electron chi connectivity index (χ1n) is 43.2. The molecule has 12 aliphatic carbocycles. The van der Waals surface area contributed by atoms with E-state index < -0.39 is 11.6 Å². The van der Waals surface area contributed by atoms with Gasteiger partial charge in [-0.1, -0.05) is 60.3 Å². The van der Waals surface area contributed by atoms with E-state index >= 15 is 0 Å². The van der Waals surface area contributed by atoms with Gasteiger partial charge in [-0.15, -0.1) is 0 Å². The molecular formula is C96H103Cl4F2N11O13. The van der Waals surface area contributed by atoms with Gasteiger partial charge >= 0.3 is 0 Å². The lowest BCUT2D eigenvalue weighted by Crippen LogP contribution is -2.75. The number of Topliss-reactive ketones (excluding diaryl/α,β-unsaturated/α-hetero) is 4. The highest BCUT2D eigenvalue weighted by Crippen LogP contribution is 2.72. The summed E-state index contributed by atoms with van der Waals surface area (Å²) < 4.78 is 54.3. The van der Waals surface area contributed by atoms with Crippen molar-refractivity contribution in [2.45, 2.75) is 172 Å². The van der Waals surface area contributed by atoms with E-state index in [1.807, 2.05) is 81.4 Å². The first-order valence-corrected chi connectivity index (χ1v) is 44.8. The Hall–Kier alpha value is -10.4. The zero-order valence-corrected chi connectivity index (χ0v) is 74.1. The van der Waals surface area contributed by atoms with Crippen LogP contribution in [0.3, 0.4) is 0 Å². The Morgan fingerprint density at radius 3 is 1.15 bits per heavy atom. The van der Waals surface area contributed by atoms with Crippen LogP contribution in [0.4, 0.5) is 25.8 Å². The molecule has 0 radical (unpaired) electrons. The number of anilines is 3. The van der Waals surface area contributed by atoms with Gasteiger partial charge in [-0.3, -0.25) is 58.3 Å². The summed E-state index contributed by atoms with van der Waals surface area (Å²) in [5.41, 5.74) is 7.15. The van der Waals surface area contributed by atoms with Crippen LogP contribution in [0, 0.1) is 53.1 Å². The Kier molecular flexibility index (Phi) is 25.7. The Balaban J connectivity index is 0.000000124. The van der Waals surface area contributed by atoms with Crippen LogP contribution in [0.2, 0.25) is 20.1 Å². The van der Waals surface area contributed by atoms with Crippen LogP contribution in [0.25, 0.3) is 0 Å². The van der Waals surface area contributed by atoms with Gasteiger partial charge in [0, 0.05) is 151 Å². The topological polar surface area (TPSA) is 292 Å². The minimum atomic E-state index is -0.588. The fraction of sp³-hybridized carbons (Fsp3) is 0.458. The van der Waals surface area contributed by atoms with Crippen LogP contribution in [-0.4, -0.2) is 168 Å². The Bertz CT molecular complexity index is 5470. The number of nitrogens with zero attached hydrogens (tertiary/aromatic N) is 7. The number of pyridine rings is 4. The third-order valence-electron chi connectivity index (χ3n) is 26.7. The van der Waals surface area contributed by atoms with Crippen LogP contribution in [0.5, 0.6) is 23.0 Å². The zero-order chi connectivity index (χ0) is 88.6. The number of carbonyl (C=O) groups excluding carboxylic acids is 8. The number of ether oxygens (including phenoxy) is 5. The molecule has 126 heavy (non-hydrogen) atoms. The molecule has 7 heterocycles. The lowest BCUT2D eigenvalue weighted by molar-refractivity contribution is -0.165. The highest BCUT2D eigenvalue weighted by atomic mass is 35.5. The number of amides is 4. The Labute approximate surface area is 751 Å². The fourth-order valence-corrected chi connectivity index (χ4v) is 21.8. The van der Waals surface area contributed by atoms with Crippen LogP contribution in [0.1, 0.15) is 188 Å². The van der Waals surface area contributed by atoms with Crippen molar-refractivity contribution in [2.75, 3.05) is 93.6 Å². The molecule has 23 rings (SSSR count). The van der Waals surface area contributed by atoms with Crippen LogP contribution in [-0.2, 0) is 30.3 Å².